The van der Waals surface area contributed by atoms with Gasteiger partial charge < -0.3 is 55.5 Å². The number of hydrogen-bond acceptors (Lipinski definition) is 9. The number of likely N-dealkylation sites (tertiary alicyclic amines) is 2. The molecule has 0 radical (unpaired) electrons. The van der Waals surface area contributed by atoms with Gasteiger partial charge in [0.05, 0.1) is 53.9 Å². The van der Waals surface area contributed by atoms with Crippen LogP contribution in [0.3, 0.4) is 0 Å². The number of amides is 4. The minimum Gasteiger partial charge on any atom is -1.00 e. The van der Waals surface area contributed by atoms with Crippen molar-refractivity contribution < 1.29 is 68.1 Å². The number of carbonyl (C=O) groups excluding carboxylic acids is 5. The molecule has 16 nitrogen and oxygen atoms in total. The average Bonchev–Trinajstić information content (AvgIpc) is 3.78. The number of piperazine rings is 1. The lowest BCUT2D eigenvalue weighted by atomic mass is 9.90. The third kappa shape index (κ3) is 11.5. The second-order valence-corrected chi connectivity index (χ2v) is 18.6. The third-order valence-electron chi connectivity index (χ3n) is 11.1. The first-order chi connectivity index (χ1) is 28.4. The van der Waals surface area contributed by atoms with Crippen molar-refractivity contribution in [3.8, 4) is 11.3 Å². The van der Waals surface area contributed by atoms with E-state index < -0.39 is 29.0 Å². The molecule has 0 aliphatic carbocycles. The fraction of sp³-hybridized carbons (Fsp3) is 0.585. The number of anilines is 1. The van der Waals surface area contributed by atoms with Gasteiger partial charge in [0, 0.05) is 76.7 Å². The Morgan fingerprint density at radius 2 is 1.52 bits per heavy atom. The number of nitrogens with zero attached hydrogens (tertiary/aromatic N) is 7. The summed E-state index contributed by atoms with van der Waals surface area (Å²) >= 11 is 6.54. The number of H-pyrrole nitrogens is 1. The Balaban J connectivity index is 0.00000726. The van der Waals surface area contributed by atoms with Gasteiger partial charge in [0.2, 0.25) is 5.91 Å². The maximum absolute atomic E-state index is 13.8. The Kier molecular flexibility index (Phi) is 14.5. The normalized spacial score (nSPS) is 19.9. The number of piperidine rings is 1. The Morgan fingerprint density at radius 1 is 0.903 bits per heavy atom. The van der Waals surface area contributed by atoms with Crippen molar-refractivity contribution >= 4 is 47.1 Å². The van der Waals surface area contributed by atoms with Crippen LogP contribution in [0.2, 0.25) is 5.02 Å². The Hall–Kier alpha value is -4.69. The molecule has 2 aromatic heterocycles. The number of alkyl halides is 3. The number of aromatic amines is 1. The van der Waals surface area contributed by atoms with Gasteiger partial charge in [0.1, 0.15) is 16.9 Å². The first kappa shape index (κ1) is 48.3. The molecule has 0 atom stereocenters. The molecule has 0 bridgehead atoms. The lowest BCUT2D eigenvalue weighted by Gasteiger charge is -2.49. The molecule has 3 saturated heterocycles. The second-order valence-electron chi connectivity index (χ2n) is 18.2. The highest BCUT2D eigenvalue weighted by molar-refractivity contribution is 6.34. The lowest BCUT2D eigenvalue weighted by molar-refractivity contribution is -0.930. The summed E-state index contributed by atoms with van der Waals surface area (Å²) in [5.74, 6) is -1.53. The van der Waals surface area contributed by atoms with Gasteiger partial charge in [-0.25, -0.2) is 14.6 Å². The summed E-state index contributed by atoms with van der Waals surface area (Å²) in [6, 6.07) is 4.37. The standard InChI is InChI=1S/C41H53ClF3N9O7.BrH/c1-39(2,3)60-32(55)24-54(23-25-21-53(22-25)38(59)61-40(4,5)6)16-10-26(11-17-54)36(57)51-12-14-52(15-13-51)37(58)28-9-8-27(18-30(28)42)48-35(56)34-46-20-31(50(34)7)29-19-47-49-33(29)41(43,44)45;/h8-9,18-20,25-26H,10-17,21-24H2,1-7H3,(H-,47,48,49,56,58);1H. The molecule has 3 aromatic rings. The molecule has 0 saturated carbocycles. The van der Waals surface area contributed by atoms with Crippen LogP contribution < -0.4 is 22.3 Å². The topological polar surface area (TPSA) is 172 Å². The summed E-state index contributed by atoms with van der Waals surface area (Å²) < 4.78 is 53.2. The van der Waals surface area contributed by atoms with E-state index in [0.717, 1.165) is 12.4 Å². The molecule has 3 aliphatic rings. The van der Waals surface area contributed by atoms with Crippen molar-refractivity contribution in [2.75, 3.05) is 70.8 Å². The van der Waals surface area contributed by atoms with Crippen LogP contribution in [-0.2, 0) is 32.3 Å². The van der Waals surface area contributed by atoms with Gasteiger partial charge >= 0.3 is 18.2 Å². The van der Waals surface area contributed by atoms with Gasteiger partial charge in [0.15, 0.2) is 12.4 Å². The number of halogens is 5. The zero-order valence-electron chi connectivity index (χ0n) is 35.9. The molecule has 340 valence electrons. The number of hydrogen-bond donors (Lipinski definition) is 2. The smallest absolute Gasteiger partial charge is 0.433 e. The maximum Gasteiger partial charge on any atom is 0.433 e. The van der Waals surface area contributed by atoms with E-state index in [1.807, 2.05) is 46.6 Å². The van der Waals surface area contributed by atoms with E-state index in [1.54, 1.807) is 14.7 Å². The first-order valence-electron chi connectivity index (χ1n) is 20.3. The van der Waals surface area contributed by atoms with E-state index in [-0.39, 0.29) is 106 Å². The van der Waals surface area contributed by atoms with Gasteiger partial charge in [-0.1, -0.05) is 11.6 Å². The predicted octanol–water partition coefficient (Wildman–Crippen LogP) is 2.46. The highest BCUT2D eigenvalue weighted by Gasteiger charge is 2.45. The van der Waals surface area contributed by atoms with Crippen molar-refractivity contribution in [1.82, 2.24) is 34.4 Å². The first-order valence-corrected chi connectivity index (χ1v) is 20.7. The average molecular weight is 957 g/mol. The highest BCUT2D eigenvalue weighted by atomic mass is 79.9. The number of nitrogens with one attached hydrogen (secondary N) is 2. The number of carbonyl (C=O) groups is 5. The van der Waals surface area contributed by atoms with E-state index in [2.05, 4.69) is 15.4 Å². The summed E-state index contributed by atoms with van der Waals surface area (Å²) in [7, 11) is 1.40. The summed E-state index contributed by atoms with van der Waals surface area (Å²) in [5, 5.41) is 8.13. The summed E-state index contributed by atoms with van der Waals surface area (Å²) in [4.78, 5) is 75.3. The number of imidazole rings is 1. The van der Waals surface area contributed by atoms with Crippen LogP contribution in [0.4, 0.5) is 23.7 Å². The fourth-order valence-corrected chi connectivity index (χ4v) is 8.46. The molecule has 5 heterocycles. The predicted molar refractivity (Wildman–Crippen MR) is 217 cm³/mol. The van der Waals surface area contributed by atoms with Crippen molar-refractivity contribution in [2.45, 2.75) is 71.8 Å². The largest absolute Gasteiger partial charge is 1.00 e. The molecule has 2 N–H and O–H groups in total. The van der Waals surface area contributed by atoms with Crippen molar-refractivity contribution in [3.63, 3.8) is 0 Å². The van der Waals surface area contributed by atoms with Gasteiger partial charge in [-0.2, -0.15) is 18.3 Å². The van der Waals surface area contributed by atoms with Crippen LogP contribution in [0.5, 0.6) is 0 Å². The zero-order chi connectivity index (χ0) is 44.7. The fourth-order valence-electron chi connectivity index (χ4n) is 8.20. The van der Waals surface area contributed by atoms with Crippen LogP contribution in [0, 0.1) is 11.8 Å². The van der Waals surface area contributed by atoms with E-state index >= 15 is 0 Å². The van der Waals surface area contributed by atoms with Crippen molar-refractivity contribution in [1.29, 1.82) is 0 Å². The van der Waals surface area contributed by atoms with Crippen LogP contribution >= 0.6 is 11.6 Å². The monoisotopic (exact) mass is 955 g/mol. The molecule has 3 fully saturated rings. The number of ether oxygens (including phenoxy) is 2. The molecule has 3 aliphatic heterocycles. The molecule has 0 spiro atoms. The third-order valence-corrected chi connectivity index (χ3v) is 11.4. The van der Waals surface area contributed by atoms with E-state index in [4.69, 9.17) is 21.1 Å². The molecule has 0 unspecified atom stereocenters. The SMILES string of the molecule is Cn1c(-c2cn[nH]c2C(F)(F)F)cnc1C(=O)Nc1ccc(C(=O)N2CCN(C(=O)C3CC[N+](CC(=O)OC(C)(C)C)(CC4CN(C(=O)OC(C)(C)C)C4)CC3)CC2)c(Cl)c1.[Br-]. The molecule has 4 amide bonds. The number of rotatable bonds is 9. The second kappa shape index (κ2) is 18.6. The van der Waals surface area contributed by atoms with Gasteiger partial charge in [-0.15, -0.1) is 0 Å². The van der Waals surface area contributed by atoms with E-state index in [0.29, 0.717) is 63.1 Å². The van der Waals surface area contributed by atoms with Crippen molar-refractivity contribution in [3.05, 3.63) is 52.7 Å². The Morgan fingerprint density at radius 3 is 2.10 bits per heavy atom. The molecular formula is C41H54BrClF3N9O7. The lowest BCUT2D eigenvalue weighted by Crippen LogP contribution is -3.00. The molecule has 62 heavy (non-hydrogen) atoms. The van der Waals surface area contributed by atoms with E-state index in [1.165, 1.54) is 29.8 Å². The molecule has 6 rings (SSSR count). The highest BCUT2D eigenvalue weighted by Crippen LogP contribution is 2.36. The summed E-state index contributed by atoms with van der Waals surface area (Å²) in [6.45, 7) is 15.4. The van der Waals surface area contributed by atoms with Crippen molar-refractivity contribution in [2.24, 2.45) is 18.9 Å². The van der Waals surface area contributed by atoms with Crippen LogP contribution in [0.25, 0.3) is 11.3 Å². The number of benzene rings is 1. The Bertz CT molecular complexity index is 2150. The summed E-state index contributed by atoms with van der Waals surface area (Å²) in [6.07, 6.45) is -1.71. The number of aromatic nitrogens is 4. The molecule has 21 heteroatoms. The van der Waals surface area contributed by atoms with E-state index in [9.17, 15) is 37.1 Å². The van der Waals surface area contributed by atoms with Crippen LogP contribution in [-0.4, -0.2) is 145 Å². The number of quaternary nitrogens is 1. The van der Waals surface area contributed by atoms with Crippen LogP contribution in [0.15, 0.2) is 30.6 Å². The quantitative estimate of drug-likeness (QED) is 0.242. The maximum atomic E-state index is 13.8. The molecular weight excluding hydrogens is 903 g/mol. The number of esters is 1. The summed E-state index contributed by atoms with van der Waals surface area (Å²) in [5.41, 5.74) is -2.09. The van der Waals surface area contributed by atoms with Gasteiger partial charge in [0.25, 0.3) is 11.8 Å². The Labute approximate surface area is 373 Å². The molecule has 1 aromatic carbocycles. The van der Waals surface area contributed by atoms with Gasteiger partial charge in [-0.3, -0.25) is 19.5 Å². The minimum absolute atomic E-state index is 0. The zero-order valence-corrected chi connectivity index (χ0v) is 38.2. The van der Waals surface area contributed by atoms with Gasteiger partial charge in [-0.05, 0) is 59.7 Å². The minimum atomic E-state index is -4.69. The van der Waals surface area contributed by atoms with Crippen LogP contribution in [0.1, 0.15) is 81.1 Å².